The van der Waals surface area contributed by atoms with Gasteiger partial charge in [-0.05, 0) is 18.4 Å². The maximum atomic E-state index is 13.9. The molecule has 1 aliphatic rings. The van der Waals surface area contributed by atoms with Gasteiger partial charge >= 0.3 is 5.97 Å². The number of hydrogen-bond donors (Lipinski definition) is 1. The van der Waals surface area contributed by atoms with Crippen LogP contribution < -0.4 is 0 Å². The zero-order valence-electron chi connectivity index (χ0n) is 9.27. The van der Waals surface area contributed by atoms with Gasteiger partial charge in [-0.15, -0.1) is 0 Å². The number of alkyl halides is 2. The van der Waals surface area contributed by atoms with Crippen LogP contribution >= 0.6 is 0 Å². The van der Waals surface area contributed by atoms with Crippen LogP contribution in [0.25, 0.3) is 0 Å². The van der Waals surface area contributed by atoms with Crippen molar-refractivity contribution >= 4 is 5.97 Å². The van der Waals surface area contributed by atoms with Gasteiger partial charge in [-0.3, -0.25) is 4.79 Å². The highest BCUT2D eigenvalue weighted by molar-refractivity contribution is 5.72. The molecule has 1 aromatic carbocycles. The van der Waals surface area contributed by atoms with Crippen molar-refractivity contribution in [2.45, 2.75) is 31.1 Å². The van der Waals surface area contributed by atoms with E-state index in [1.165, 1.54) is 0 Å². The Morgan fingerprint density at radius 2 is 1.94 bits per heavy atom. The number of hydrogen-bond acceptors (Lipinski definition) is 1. The molecule has 0 saturated heterocycles. The normalized spacial score (nSPS) is 27.6. The predicted octanol–water partition coefficient (Wildman–Crippen LogP) is 3.29. The number of rotatable bonds is 2. The van der Waals surface area contributed by atoms with E-state index in [-0.39, 0.29) is 12.8 Å². The largest absolute Gasteiger partial charge is 0.481 e. The molecule has 0 radical (unpaired) electrons. The Morgan fingerprint density at radius 1 is 1.29 bits per heavy atom. The molecule has 1 N–H and O–H groups in total. The first-order chi connectivity index (χ1) is 8.02. The van der Waals surface area contributed by atoms with Crippen LogP contribution in [-0.2, 0) is 4.79 Å². The number of halogens is 2. The highest BCUT2D eigenvalue weighted by Gasteiger charge is 2.50. The summed E-state index contributed by atoms with van der Waals surface area (Å²) in [6.45, 7) is 0. The molecule has 1 saturated carbocycles. The Hall–Kier alpha value is -1.45. The number of aliphatic carboxylic acids is 1. The van der Waals surface area contributed by atoms with Gasteiger partial charge < -0.3 is 5.11 Å². The first kappa shape index (κ1) is 12.0. The average molecular weight is 240 g/mol. The third-order valence-corrected chi connectivity index (χ3v) is 3.36. The molecule has 0 heterocycles. The standard InChI is InChI=1S/C13H14F2O2/c14-13(15)8-4-7-10(12(16)17)11(13)9-5-2-1-3-6-9/h1-3,5-6,10-11H,4,7-8H2,(H,16,17)/t10-,11+/m1/s1. The molecule has 2 nitrogen and oxygen atoms in total. The van der Waals surface area contributed by atoms with Crippen molar-refractivity contribution in [2.24, 2.45) is 5.92 Å². The van der Waals surface area contributed by atoms with Crippen LogP contribution in [0, 0.1) is 5.92 Å². The summed E-state index contributed by atoms with van der Waals surface area (Å²) in [5.41, 5.74) is 0.421. The van der Waals surface area contributed by atoms with Gasteiger partial charge in [0.05, 0.1) is 11.8 Å². The lowest BCUT2D eigenvalue weighted by molar-refractivity contribution is -0.152. The zero-order chi connectivity index (χ0) is 12.5. The lowest BCUT2D eigenvalue weighted by Gasteiger charge is -2.36. The molecule has 17 heavy (non-hydrogen) atoms. The lowest BCUT2D eigenvalue weighted by Crippen LogP contribution is -2.39. The number of benzene rings is 1. The van der Waals surface area contributed by atoms with Crippen molar-refractivity contribution in [3.8, 4) is 0 Å². The van der Waals surface area contributed by atoms with E-state index >= 15 is 0 Å². The van der Waals surface area contributed by atoms with Crippen LogP contribution in [0.2, 0.25) is 0 Å². The molecule has 4 heteroatoms. The van der Waals surface area contributed by atoms with Crippen molar-refractivity contribution in [3.05, 3.63) is 35.9 Å². The van der Waals surface area contributed by atoms with E-state index in [1.54, 1.807) is 30.3 Å². The zero-order valence-corrected chi connectivity index (χ0v) is 9.27. The van der Waals surface area contributed by atoms with Crippen LogP contribution in [0.15, 0.2) is 30.3 Å². The summed E-state index contributed by atoms with van der Waals surface area (Å²) >= 11 is 0. The monoisotopic (exact) mass is 240 g/mol. The number of carbonyl (C=O) groups is 1. The first-order valence-corrected chi connectivity index (χ1v) is 5.68. The topological polar surface area (TPSA) is 37.3 Å². The molecule has 2 atom stereocenters. The highest BCUT2D eigenvalue weighted by atomic mass is 19.3. The molecule has 1 aromatic rings. The molecule has 0 amide bonds. The molecular weight excluding hydrogens is 226 g/mol. The maximum absolute atomic E-state index is 13.9. The van der Waals surface area contributed by atoms with E-state index in [0.29, 0.717) is 12.0 Å². The quantitative estimate of drug-likeness (QED) is 0.861. The minimum absolute atomic E-state index is 0.226. The maximum Gasteiger partial charge on any atom is 0.307 e. The van der Waals surface area contributed by atoms with Gasteiger partial charge in [-0.1, -0.05) is 30.3 Å². The first-order valence-electron chi connectivity index (χ1n) is 5.68. The van der Waals surface area contributed by atoms with Crippen LogP contribution in [0.1, 0.15) is 30.7 Å². The second kappa shape index (κ2) is 4.43. The molecule has 92 valence electrons. The van der Waals surface area contributed by atoms with Crippen LogP contribution in [0.4, 0.5) is 8.78 Å². The van der Waals surface area contributed by atoms with Crippen LogP contribution in [-0.4, -0.2) is 17.0 Å². The summed E-state index contributed by atoms with van der Waals surface area (Å²) < 4.78 is 27.8. The third kappa shape index (κ3) is 2.30. The minimum Gasteiger partial charge on any atom is -0.481 e. The Morgan fingerprint density at radius 3 is 2.53 bits per heavy atom. The van der Waals surface area contributed by atoms with Gasteiger partial charge in [0.1, 0.15) is 0 Å². The van der Waals surface area contributed by atoms with Crippen LogP contribution in [0.3, 0.4) is 0 Å². The molecule has 1 aliphatic carbocycles. The molecular formula is C13H14F2O2. The molecule has 0 bridgehead atoms. The summed E-state index contributed by atoms with van der Waals surface area (Å²) in [6.07, 6.45) is 0.369. The van der Waals surface area contributed by atoms with Gasteiger partial charge in [0, 0.05) is 6.42 Å². The molecule has 2 rings (SSSR count). The van der Waals surface area contributed by atoms with Crippen molar-refractivity contribution in [2.75, 3.05) is 0 Å². The summed E-state index contributed by atoms with van der Waals surface area (Å²) in [5.74, 6) is -6.24. The minimum atomic E-state index is -2.93. The van der Waals surface area contributed by atoms with Crippen LogP contribution in [0.5, 0.6) is 0 Å². The van der Waals surface area contributed by atoms with E-state index in [4.69, 9.17) is 5.11 Å². The summed E-state index contributed by atoms with van der Waals surface area (Å²) in [4.78, 5) is 11.1. The predicted molar refractivity (Wildman–Crippen MR) is 59.1 cm³/mol. The van der Waals surface area contributed by atoms with E-state index in [9.17, 15) is 13.6 Å². The fraction of sp³-hybridized carbons (Fsp3) is 0.462. The summed E-state index contributed by atoms with van der Waals surface area (Å²) in [7, 11) is 0. The van der Waals surface area contributed by atoms with Gasteiger partial charge in [-0.2, -0.15) is 0 Å². The second-order valence-electron chi connectivity index (χ2n) is 4.49. The third-order valence-electron chi connectivity index (χ3n) is 3.36. The Kier molecular flexibility index (Phi) is 3.13. The van der Waals surface area contributed by atoms with E-state index < -0.39 is 23.7 Å². The van der Waals surface area contributed by atoms with Crippen molar-refractivity contribution in [1.29, 1.82) is 0 Å². The molecule has 0 unspecified atom stereocenters. The van der Waals surface area contributed by atoms with Gasteiger partial charge in [-0.25, -0.2) is 8.78 Å². The molecule has 0 aliphatic heterocycles. The van der Waals surface area contributed by atoms with Crippen molar-refractivity contribution in [3.63, 3.8) is 0 Å². The fourth-order valence-electron chi connectivity index (χ4n) is 2.58. The Labute approximate surface area is 98.3 Å². The second-order valence-corrected chi connectivity index (χ2v) is 4.49. The van der Waals surface area contributed by atoms with Gasteiger partial charge in [0.25, 0.3) is 5.92 Å². The fourth-order valence-corrected chi connectivity index (χ4v) is 2.58. The van der Waals surface area contributed by atoms with E-state index in [1.807, 2.05) is 0 Å². The van der Waals surface area contributed by atoms with Crippen molar-refractivity contribution < 1.29 is 18.7 Å². The SMILES string of the molecule is O=C(O)[C@@H]1CCCC(F)(F)[C@H]1c1ccccc1. The van der Waals surface area contributed by atoms with E-state index in [2.05, 4.69) is 0 Å². The van der Waals surface area contributed by atoms with Gasteiger partial charge in [0.2, 0.25) is 0 Å². The Bertz CT molecular complexity index is 403. The summed E-state index contributed by atoms with van der Waals surface area (Å²) in [6, 6.07) is 8.23. The lowest BCUT2D eigenvalue weighted by atomic mass is 9.73. The summed E-state index contributed by atoms with van der Waals surface area (Å²) in [5, 5.41) is 9.07. The number of carboxylic acid groups (broad SMARTS) is 1. The molecule has 0 spiro atoms. The Balaban J connectivity index is 2.39. The average Bonchev–Trinajstić information content (AvgIpc) is 2.28. The number of carboxylic acids is 1. The smallest absolute Gasteiger partial charge is 0.307 e. The molecule has 1 fully saturated rings. The van der Waals surface area contributed by atoms with Gasteiger partial charge in [0.15, 0.2) is 0 Å². The van der Waals surface area contributed by atoms with E-state index in [0.717, 1.165) is 0 Å². The van der Waals surface area contributed by atoms with Crippen molar-refractivity contribution in [1.82, 2.24) is 0 Å². The molecule has 0 aromatic heterocycles. The highest BCUT2D eigenvalue weighted by Crippen LogP contribution is 2.48.